The van der Waals surface area contributed by atoms with E-state index in [4.69, 9.17) is 10.2 Å². The number of benzene rings is 1. The van der Waals surface area contributed by atoms with Gasteiger partial charge in [0.05, 0.1) is 16.7 Å². The van der Waals surface area contributed by atoms with Crippen molar-refractivity contribution in [3.05, 3.63) is 23.8 Å². The third-order valence-electron chi connectivity index (χ3n) is 3.69. The lowest BCUT2D eigenvalue weighted by Crippen LogP contribution is -2.41. The molecule has 1 fully saturated rings. The van der Waals surface area contributed by atoms with E-state index in [1.54, 1.807) is 13.0 Å². The van der Waals surface area contributed by atoms with Gasteiger partial charge in [0.25, 0.3) is 0 Å². The van der Waals surface area contributed by atoms with Gasteiger partial charge in [0.2, 0.25) is 15.9 Å². The lowest BCUT2D eigenvalue weighted by atomic mass is 9.73. The number of sulfonamides is 1. The van der Waals surface area contributed by atoms with E-state index < -0.39 is 33.7 Å². The predicted molar refractivity (Wildman–Crippen MR) is 75.0 cm³/mol. The van der Waals surface area contributed by atoms with Crippen molar-refractivity contribution < 1.29 is 23.1 Å². The number of aryl methyl sites for hydroxylation is 1. The predicted octanol–water partition coefficient (Wildman–Crippen LogP) is 0.692. The maximum atomic E-state index is 12.0. The van der Waals surface area contributed by atoms with E-state index in [-0.39, 0.29) is 10.6 Å². The van der Waals surface area contributed by atoms with Crippen molar-refractivity contribution in [1.29, 1.82) is 0 Å². The molecule has 1 aromatic carbocycles. The summed E-state index contributed by atoms with van der Waals surface area (Å²) in [6.45, 7) is 1.59. The fraction of sp³-hybridized carbons (Fsp3) is 0.385. The van der Waals surface area contributed by atoms with Gasteiger partial charge in [0.1, 0.15) is 0 Å². The molecule has 21 heavy (non-hydrogen) atoms. The van der Waals surface area contributed by atoms with E-state index in [1.165, 1.54) is 12.1 Å². The van der Waals surface area contributed by atoms with Crippen LogP contribution in [0.15, 0.2) is 23.1 Å². The fourth-order valence-electron chi connectivity index (χ4n) is 2.33. The smallest absolute Gasteiger partial charge is 0.307 e. The molecule has 1 aliphatic rings. The number of carbonyl (C=O) groups excluding carboxylic acids is 1. The van der Waals surface area contributed by atoms with Gasteiger partial charge in [-0.1, -0.05) is 6.07 Å². The normalized spacial score (nSPS) is 21.4. The largest absolute Gasteiger partial charge is 0.481 e. The number of anilines is 1. The van der Waals surface area contributed by atoms with Crippen LogP contribution in [0.5, 0.6) is 0 Å². The molecular formula is C13H16N2O5S. The zero-order chi connectivity index (χ0) is 15.8. The van der Waals surface area contributed by atoms with Crippen LogP contribution in [0.4, 0.5) is 5.69 Å². The lowest BCUT2D eigenvalue weighted by Gasteiger charge is -2.31. The molecule has 7 nitrogen and oxygen atoms in total. The van der Waals surface area contributed by atoms with Gasteiger partial charge in [0, 0.05) is 5.69 Å². The highest BCUT2D eigenvalue weighted by Crippen LogP contribution is 2.35. The van der Waals surface area contributed by atoms with E-state index in [0.717, 1.165) is 0 Å². The number of nitrogens with two attached hydrogens (primary N) is 1. The van der Waals surface area contributed by atoms with Gasteiger partial charge < -0.3 is 10.4 Å². The molecule has 0 heterocycles. The van der Waals surface area contributed by atoms with Crippen molar-refractivity contribution in [3.63, 3.8) is 0 Å². The van der Waals surface area contributed by atoms with Crippen LogP contribution >= 0.6 is 0 Å². The Labute approximate surface area is 122 Å². The Morgan fingerprint density at radius 2 is 1.90 bits per heavy atom. The van der Waals surface area contributed by atoms with Crippen LogP contribution < -0.4 is 10.5 Å². The highest BCUT2D eigenvalue weighted by molar-refractivity contribution is 7.89. The number of aliphatic carboxylic acids is 1. The van der Waals surface area contributed by atoms with Crippen molar-refractivity contribution in [2.24, 2.45) is 17.0 Å². The number of carbonyl (C=O) groups is 2. The average Bonchev–Trinajstić information content (AvgIpc) is 2.27. The summed E-state index contributed by atoms with van der Waals surface area (Å²) in [4.78, 5) is 22.8. The summed E-state index contributed by atoms with van der Waals surface area (Å²) in [6, 6.07) is 4.36. The SMILES string of the molecule is Cc1ccc(NC(=O)C2CCC2C(=O)O)cc1S(N)(=O)=O. The average molecular weight is 312 g/mol. The maximum absolute atomic E-state index is 12.0. The maximum Gasteiger partial charge on any atom is 0.307 e. The highest BCUT2D eigenvalue weighted by Gasteiger charge is 2.41. The third kappa shape index (κ3) is 3.22. The Balaban J connectivity index is 2.17. The molecule has 1 amide bonds. The number of hydrogen-bond donors (Lipinski definition) is 3. The van der Waals surface area contributed by atoms with Crippen LogP contribution in [0.25, 0.3) is 0 Å². The first-order chi connectivity index (χ1) is 9.70. The van der Waals surface area contributed by atoms with Gasteiger partial charge in [-0.25, -0.2) is 13.6 Å². The summed E-state index contributed by atoms with van der Waals surface area (Å²) in [5, 5.41) is 16.6. The number of rotatable bonds is 4. The molecule has 8 heteroatoms. The van der Waals surface area contributed by atoms with E-state index in [2.05, 4.69) is 5.32 Å². The molecule has 0 saturated heterocycles. The zero-order valence-electron chi connectivity index (χ0n) is 11.4. The quantitative estimate of drug-likeness (QED) is 0.754. The minimum Gasteiger partial charge on any atom is -0.481 e. The van der Waals surface area contributed by atoms with Crippen LogP contribution in [-0.4, -0.2) is 25.4 Å². The molecular weight excluding hydrogens is 296 g/mol. The summed E-state index contributed by atoms with van der Waals surface area (Å²) in [6.07, 6.45) is 0.987. The Morgan fingerprint density at radius 3 is 2.38 bits per heavy atom. The minimum atomic E-state index is -3.87. The van der Waals surface area contributed by atoms with E-state index in [1.807, 2.05) is 0 Å². The molecule has 1 aliphatic carbocycles. The molecule has 2 rings (SSSR count). The Kier molecular flexibility index (Phi) is 4.02. The van der Waals surface area contributed by atoms with E-state index in [0.29, 0.717) is 18.4 Å². The molecule has 2 atom stereocenters. The van der Waals surface area contributed by atoms with Gasteiger partial charge in [-0.15, -0.1) is 0 Å². The van der Waals surface area contributed by atoms with Crippen molar-refractivity contribution in [3.8, 4) is 0 Å². The summed E-state index contributed by atoms with van der Waals surface area (Å²) in [7, 11) is -3.87. The molecule has 1 aromatic rings. The number of hydrogen-bond acceptors (Lipinski definition) is 4. The number of nitrogens with one attached hydrogen (secondary N) is 1. The summed E-state index contributed by atoms with van der Waals surface area (Å²) in [5.74, 6) is -2.66. The van der Waals surface area contributed by atoms with Crippen molar-refractivity contribution in [2.75, 3.05) is 5.32 Å². The number of carboxylic acids is 1. The Bertz CT molecular complexity index is 699. The first-order valence-electron chi connectivity index (χ1n) is 6.37. The van der Waals surface area contributed by atoms with E-state index >= 15 is 0 Å². The summed E-state index contributed by atoms with van der Waals surface area (Å²) in [5.41, 5.74) is 0.758. The van der Waals surface area contributed by atoms with Crippen LogP contribution in [0.3, 0.4) is 0 Å². The van der Waals surface area contributed by atoms with Gasteiger partial charge in [-0.05, 0) is 37.5 Å². The lowest BCUT2D eigenvalue weighted by molar-refractivity contribution is -0.151. The molecule has 0 aromatic heterocycles. The standard InChI is InChI=1S/C13H16N2O5S/c1-7-2-3-8(6-11(7)21(14,19)20)15-12(16)9-4-5-10(9)13(17)18/h2-3,6,9-10H,4-5H2,1H3,(H,15,16)(H,17,18)(H2,14,19,20). The number of primary sulfonamides is 1. The van der Waals surface area contributed by atoms with Crippen molar-refractivity contribution in [2.45, 2.75) is 24.7 Å². The first-order valence-corrected chi connectivity index (χ1v) is 7.92. The van der Waals surface area contributed by atoms with Gasteiger partial charge >= 0.3 is 5.97 Å². The number of amides is 1. The van der Waals surface area contributed by atoms with Crippen LogP contribution in [-0.2, 0) is 19.6 Å². The van der Waals surface area contributed by atoms with Gasteiger partial charge in [-0.2, -0.15) is 0 Å². The first kappa shape index (κ1) is 15.5. The molecule has 114 valence electrons. The second-order valence-corrected chi connectivity index (χ2v) is 6.67. The van der Waals surface area contributed by atoms with Crippen LogP contribution in [0, 0.1) is 18.8 Å². The molecule has 0 bridgehead atoms. The summed E-state index contributed by atoms with van der Waals surface area (Å²) >= 11 is 0. The molecule has 0 aliphatic heterocycles. The zero-order valence-corrected chi connectivity index (χ0v) is 12.2. The second-order valence-electron chi connectivity index (χ2n) is 5.14. The molecule has 0 radical (unpaired) electrons. The van der Waals surface area contributed by atoms with Crippen molar-refractivity contribution in [1.82, 2.24) is 0 Å². The summed E-state index contributed by atoms with van der Waals surface area (Å²) < 4.78 is 22.8. The van der Waals surface area contributed by atoms with Crippen LogP contribution in [0.1, 0.15) is 18.4 Å². The number of carboxylic acid groups (broad SMARTS) is 1. The topological polar surface area (TPSA) is 127 Å². The molecule has 0 spiro atoms. The Morgan fingerprint density at radius 1 is 1.29 bits per heavy atom. The van der Waals surface area contributed by atoms with Crippen molar-refractivity contribution >= 4 is 27.6 Å². The monoisotopic (exact) mass is 312 g/mol. The Hall–Kier alpha value is -1.93. The molecule has 1 saturated carbocycles. The minimum absolute atomic E-state index is 0.0660. The van der Waals surface area contributed by atoms with Gasteiger partial charge in [0.15, 0.2) is 0 Å². The van der Waals surface area contributed by atoms with Gasteiger partial charge in [-0.3, -0.25) is 9.59 Å². The van der Waals surface area contributed by atoms with Crippen LogP contribution in [0.2, 0.25) is 0 Å². The fourth-order valence-corrected chi connectivity index (χ4v) is 3.14. The third-order valence-corrected chi connectivity index (χ3v) is 4.74. The molecule has 4 N–H and O–H groups in total. The molecule has 2 unspecified atom stereocenters. The van der Waals surface area contributed by atoms with E-state index in [9.17, 15) is 18.0 Å². The highest BCUT2D eigenvalue weighted by atomic mass is 32.2. The second kappa shape index (κ2) is 5.45.